The molecule has 2 aromatic carbocycles. The molecule has 0 spiro atoms. The van der Waals surface area contributed by atoms with Crippen molar-refractivity contribution in [2.75, 3.05) is 10.6 Å². The molecule has 130 valence electrons. The lowest BCUT2D eigenvalue weighted by molar-refractivity contribution is -0.122. The minimum Gasteiger partial charge on any atom is -0.326 e. The van der Waals surface area contributed by atoms with E-state index in [1.807, 2.05) is 48.5 Å². The van der Waals surface area contributed by atoms with Gasteiger partial charge in [0.05, 0.1) is 11.8 Å². The van der Waals surface area contributed by atoms with Gasteiger partial charge in [0.1, 0.15) is 0 Å². The molecule has 0 aliphatic heterocycles. The van der Waals surface area contributed by atoms with E-state index < -0.39 is 0 Å². The molecule has 0 radical (unpaired) electrons. The van der Waals surface area contributed by atoms with E-state index >= 15 is 0 Å². The van der Waals surface area contributed by atoms with Crippen LogP contribution in [-0.2, 0) is 22.4 Å². The van der Waals surface area contributed by atoms with Crippen molar-refractivity contribution in [3.05, 3.63) is 59.7 Å². The van der Waals surface area contributed by atoms with Crippen LogP contribution in [0.1, 0.15) is 31.4 Å². The second-order valence-electron chi connectivity index (χ2n) is 6.49. The van der Waals surface area contributed by atoms with Gasteiger partial charge >= 0.3 is 0 Å². The molecule has 1 saturated carbocycles. The summed E-state index contributed by atoms with van der Waals surface area (Å²) in [6, 6.07) is 15.6. The van der Waals surface area contributed by atoms with Crippen molar-refractivity contribution in [3.63, 3.8) is 0 Å². The molecule has 2 unspecified atom stereocenters. The molecule has 25 heavy (non-hydrogen) atoms. The Morgan fingerprint density at radius 3 is 2.16 bits per heavy atom. The molecule has 0 heterocycles. The van der Waals surface area contributed by atoms with Gasteiger partial charge in [-0.2, -0.15) is 0 Å². The highest BCUT2D eigenvalue weighted by molar-refractivity contribution is 6.03. The Morgan fingerprint density at radius 1 is 0.880 bits per heavy atom. The zero-order valence-electron chi connectivity index (χ0n) is 14.7. The molecule has 0 saturated heterocycles. The molecule has 4 nitrogen and oxygen atoms in total. The summed E-state index contributed by atoms with van der Waals surface area (Å²) in [6.45, 7) is 4.15. The number of carbonyl (C=O) groups is 2. The molecule has 0 bridgehead atoms. The van der Waals surface area contributed by atoms with E-state index in [2.05, 4.69) is 24.5 Å². The largest absolute Gasteiger partial charge is 0.326 e. The van der Waals surface area contributed by atoms with Crippen LogP contribution in [0.3, 0.4) is 0 Å². The van der Waals surface area contributed by atoms with Gasteiger partial charge in [0.2, 0.25) is 11.8 Å². The molecule has 2 N–H and O–H groups in total. The predicted molar refractivity (Wildman–Crippen MR) is 100 cm³/mol. The highest BCUT2D eigenvalue weighted by atomic mass is 16.2. The number of para-hydroxylation sites is 1. The molecule has 1 aliphatic carbocycles. The zero-order chi connectivity index (χ0) is 17.8. The van der Waals surface area contributed by atoms with Gasteiger partial charge in [0.15, 0.2) is 0 Å². The first-order valence-electron chi connectivity index (χ1n) is 8.91. The van der Waals surface area contributed by atoms with E-state index in [-0.39, 0.29) is 23.7 Å². The van der Waals surface area contributed by atoms with E-state index in [1.54, 1.807) is 0 Å². The van der Waals surface area contributed by atoms with Crippen molar-refractivity contribution >= 4 is 23.2 Å². The number of nitrogens with one attached hydrogen (secondary N) is 2. The van der Waals surface area contributed by atoms with Crippen LogP contribution >= 0.6 is 0 Å². The quantitative estimate of drug-likeness (QED) is 0.837. The van der Waals surface area contributed by atoms with Crippen LogP contribution in [0.2, 0.25) is 0 Å². The fourth-order valence-corrected chi connectivity index (χ4v) is 3.01. The lowest BCUT2D eigenvalue weighted by Gasteiger charge is -2.10. The summed E-state index contributed by atoms with van der Waals surface area (Å²) < 4.78 is 0. The molecule has 1 aliphatic rings. The van der Waals surface area contributed by atoms with Crippen LogP contribution < -0.4 is 10.6 Å². The first-order chi connectivity index (χ1) is 12.1. The molecule has 4 heteroatoms. The highest BCUT2D eigenvalue weighted by Gasteiger charge is 2.48. The Kier molecular flexibility index (Phi) is 5.17. The Balaban J connectivity index is 1.56. The summed E-state index contributed by atoms with van der Waals surface area (Å²) in [4.78, 5) is 24.7. The average molecular weight is 336 g/mol. The summed E-state index contributed by atoms with van der Waals surface area (Å²) in [5.74, 6) is -0.616. The van der Waals surface area contributed by atoms with E-state index in [9.17, 15) is 9.59 Å². The summed E-state index contributed by atoms with van der Waals surface area (Å²) >= 11 is 0. The average Bonchev–Trinajstić information content (AvgIpc) is 3.44. The third-order valence-corrected chi connectivity index (χ3v) is 4.75. The second kappa shape index (κ2) is 7.51. The maximum atomic E-state index is 12.4. The monoisotopic (exact) mass is 336 g/mol. The van der Waals surface area contributed by atoms with Crippen LogP contribution in [0.4, 0.5) is 11.4 Å². The van der Waals surface area contributed by atoms with Gasteiger partial charge < -0.3 is 10.6 Å². The standard InChI is InChI=1S/C21H24N2O2/c1-3-14-9-11-16(12-10-14)22-20(24)17-13-18(17)21(25)23-19-8-6-5-7-15(19)4-2/h5-12,17-18H,3-4,13H2,1-2H3,(H,22,24)(H,23,25). The Labute approximate surface area is 148 Å². The van der Waals surface area contributed by atoms with E-state index in [1.165, 1.54) is 5.56 Å². The fourth-order valence-electron chi connectivity index (χ4n) is 3.01. The molecule has 2 amide bonds. The Bertz CT molecular complexity index is 768. The van der Waals surface area contributed by atoms with E-state index in [0.29, 0.717) is 6.42 Å². The van der Waals surface area contributed by atoms with Crippen molar-refractivity contribution in [1.29, 1.82) is 0 Å². The van der Waals surface area contributed by atoms with Crippen LogP contribution in [0.5, 0.6) is 0 Å². The van der Waals surface area contributed by atoms with E-state index in [4.69, 9.17) is 0 Å². The predicted octanol–water partition coefficient (Wildman–Crippen LogP) is 4.02. The van der Waals surface area contributed by atoms with Gasteiger partial charge in [-0.1, -0.05) is 44.2 Å². The zero-order valence-corrected chi connectivity index (χ0v) is 14.7. The number of carbonyl (C=O) groups excluding carboxylic acids is 2. The summed E-state index contributed by atoms with van der Waals surface area (Å²) in [6.07, 6.45) is 2.44. The van der Waals surface area contributed by atoms with Gasteiger partial charge in [-0.05, 0) is 48.6 Å². The Morgan fingerprint density at radius 2 is 1.52 bits per heavy atom. The minimum atomic E-state index is -0.236. The first kappa shape index (κ1) is 17.2. The van der Waals surface area contributed by atoms with Gasteiger partial charge in [-0.3, -0.25) is 9.59 Å². The lowest BCUT2D eigenvalue weighted by atomic mass is 10.1. The number of amides is 2. The van der Waals surface area contributed by atoms with Crippen LogP contribution in [0.15, 0.2) is 48.5 Å². The van der Waals surface area contributed by atoms with Gasteiger partial charge in [0.25, 0.3) is 0 Å². The van der Waals surface area contributed by atoms with Crippen LogP contribution in [-0.4, -0.2) is 11.8 Å². The van der Waals surface area contributed by atoms with Crippen molar-refractivity contribution in [2.45, 2.75) is 33.1 Å². The normalized spacial score (nSPS) is 18.5. The van der Waals surface area contributed by atoms with Crippen molar-refractivity contribution in [3.8, 4) is 0 Å². The number of hydrogen-bond acceptors (Lipinski definition) is 2. The maximum absolute atomic E-state index is 12.4. The molecular formula is C21H24N2O2. The number of aryl methyl sites for hydroxylation is 2. The lowest BCUT2D eigenvalue weighted by Crippen LogP contribution is -2.21. The second-order valence-corrected chi connectivity index (χ2v) is 6.49. The topological polar surface area (TPSA) is 58.2 Å². The molecule has 1 fully saturated rings. The number of hydrogen-bond donors (Lipinski definition) is 2. The van der Waals surface area contributed by atoms with E-state index in [0.717, 1.165) is 29.8 Å². The van der Waals surface area contributed by atoms with Crippen LogP contribution in [0, 0.1) is 11.8 Å². The van der Waals surface area contributed by atoms with Crippen LogP contribution in [0.25, 0.3) is 0 Å². The molecule has 2 atom stereocenters. The fraction of sp³-hybridized carbons (Fsp3) is 0.333. The van der Waals surface area contributed by atoms with Crippen molar-refractivity contribution in [2.24, 2.45) is 11.8 Å². The van der Waals surface area contributed by atoms with Gasteiger partial charge in [-0.25, -0.2) is 0 Å². The van der Waals surface area contributed by atoms with Crippen molar-refractivity contribution in [1.82, 2.24) is 0 Å². The number of rotatable bonds is 6. The number of anilines is 2. The third-order valence-electron chi connectivity index (χ3n) is 4.75. The van der Waals surface area contributed by atoms with Crippen molar-refractivity contribution < 1.29 is 9.59 Å². The van der Waals surface area contributed by atoms with Gasteiger partial charge in [-0.15, -0.1) is 0 Å². The molecular weight excluding hydrogens is 312 g/mol. The summed E-state index contributed by atoms with van der Waals surface area (Å²) in [7, 11) is 0. The SMILES string of the molecule is CCc1ccc(NC(=O)C2CC2C(=O)Nc2ccccc2CC)cc1. The maximum Gasteiger partial charge on any atom is 0.228 e. The minimum absolute atomic E-state index is 0.0672. The van der Waals surface area contributed by atoms with Gasteiger partial charge in [0, 0.05) is 11.4 Å². The Hall–Kier alpha value is -2.62. The molecule has 3 rings (SSSR count). The summed E-state index contributed by atoms with van der Waals surface area (Å²) in [5.41, 5.74) is 3.96. The first-order valence-corrected chi connectivity index (χ1v) is 8.91. The smallest absolute Gasteiger partial charge is 0.228 e. The molecule has 0 aromatic heterocycles. The third kappa shape index (κ3) is 4.08. The summed E-state index contributed by atoms with van der Waals surface area (Å²) in [5, 5.41) is 5.88. The highest BCUT2D eigenvalue weighted by Crippen LogP contribution is 2.40. The molecule has 2 aromatic rings. The number of benzene rings is 2.